The van der Waals surface area contributed by atoms with E-state index in [2.05, 4.69) is 40.1 Å². The maximum absolute atomic E-state index is 4.59. The second-order valence-corrected chi connectivity index (χ2v) is 7.16. The lowest BCUT2D eigenvalue weighted by molar-refractivity contribution is 0.270. The Morgan fingerprint density at radius 2 is 2.31 bits per heavy atom. The standard InChI is InChI=1S/C13H20BrNS/c1-3-10-4-5-13(14)11(6-10)7-12-8-16-9(2)15-12/h8,10-11,13H,3-7H2,1-2H3. The van der Waals surface area contributed by atoms with Gasteiger partial charge in [-0.2, -0.15) is 0 Å². The van der Waals surface area contributed by atoms with E-state index >= 15 is 0 Å². The van der Waals surface area contributed by atoms with Crippen LogP contribution in [0.3, 0.4) is 0 Å². The quantitative estimate of drug-likeness (QED) is 0.745. The molecule has 3 atom stereocenters. The smallest absolute Gasteiger partial charge is 0.0897 e. The van der Waals surface area contributed by atoms with Crippen LogP contribution in [-0.2, 0) is 6.42 Å². The molecule has 3 heteroatoms. The zero-order valence-corrected chi connectivity index (χ0v) is 12.5. The Kier molecular flexibility index (Phi) is 4.42. The summed E-state index contributed by atoms with van der Waals surface area (Å²) in [4.78, 5) is 5.29. The highest BCUT2D eigenvalue weighted by Gasteiger charge is 2.28. The van der Waals surface area contributed by atoms with Crippen LogP contribution in [0.25, 0.3) is 0 Å². The molecular weight excluding hydrogens is 282 g/mol. The first-order valence-corrected chi connectivity index (χ1v) is 8.03. The highest BCUT2D eigenvalue weighted by Crippen LogP contribution is 2.37. The van der Waals surface area contributed by atoms with Crippen molar-refractivity contribution in [3.05, 3.63) is 16.1 Å². The first-order chi connectivity index (χ1) is 7.69. The Labute approximate surface area is 111 Å². The van der Waals surface area contributed by atoms with Crippen molar-refractivity contribution in [1.82, 2.24) is 4.98 Å². The predicted molar refractivity (Wildman–Crippen MR) is 74.4 cm³/mol. The molecule has 1 fully saturated rings. The predicted octanol–water partition coefficient (Wildman–Crippen LogP) is 4.58. The minimum atomic E-state index is 0.706. The third-order valence-electron chi connectivity index (χ3n) is 3.71. The van der Waals surface area contributed by atoms with Crippen LogP contribution in [0.5, 0.6) is 0 Å². The van der Waals surface area contributed by atoms with Gasteiger partial charge in [0.15, 0.2) is 0 Å². The molecule has 0 aromatic carbocycles. The molecule has 2 rings (SSSR count). The van der Waals surface area contributed by atoms with Gasteiger partial charge in [0, 0.05) is 10.2 Å². The molecule has 1 aliphatic carbocycles. The molecule has 0 radical (unpaired) electrons. The molecule has 3 unspecified atom stereocenters. The monoisotopic (exact) mass is 301 g/mol. The summed E-state index contributed by atoms with van der Waals surface area (Å²) in [5.41, 5.74) is 1.30. The van der Waals surface area contributed by atoms with Gasteiger partial charge in [0.05, 0.1) is 10.7 Å². The SMILES string of the molecule is CCC1CCC(Br)C(Cc2csc(C)n2)C1. The Balaban J connectivity index is 1.96. The fourth-order valence-electron chi connectivity index (χ4n) is 2.68. The fraction of sp³-hybridized carbons (Fsp3) is 0.769. The Morgan fingerprint density at radius 3 is 2.94 bits per heavy atom. The molecule has 0 saturated heterocycles. The summed E-state index contributed by atoms with van der Waals surface area (Å²) in [6.45, 7) is 4.42. The molecule has 1 aliphatic rings. The van der Waals surface area contributed by atoms with Crippen molar-refractivity contribution < 1.29 is 0 Å². The van der Waals surface area contributed by atoms with Crippen LogP contribution in [0.1, 0.15) is 43.3 Å². The highest BCUT2D eigenvalue weighted by molar-refractivity contribution is 9.09. The maximum atomic E-state index is 4.59. The largest absolute Gasteiger partial charge is 0.247 e. The van der Waals surface area contributed by atoms with Crippen LogP contribution in [0.15, 0.2) is 5.38 Å². The third-order valence-corrected chi connectivity index (χ3v) is 5.74. The second kappa shape index (κ2) is 5.63. The number of aryl methyl sites for hydroxylation is 1. The summed E-state index contributed by atoms with van der Waals surface area (Å²) in [5, 5.41) is 3.42. The number of alkyl halides is 1. The van der Waals surface area contributed by atoms with Gasteiger partial charge in [-0.15, -0.1) is 11.3 Å². The van der Waals surface area contributed by atoms with Gasteiger partial charge in [-0.1, -0.05) is 29.3 Å². The number of hydrogen-bond donors (Lipinski definition) is 0. The molecule has 0 bridgehead atoms. The molecule has 1 aromatic rings. The highest BCUT2D eigenvalue weighted by atomic mass is 79.9. The van der Waals surface area contributed by atoms with Gasteiger partial charge in [0.2, 0.25) is 0 Å². The number of nitrogens with zero attached hydrogens (tertiary/aromatic N) is 1. The number of rotatable bonds is 3. The lowest BCUT2D eigenvalue weighted by Gasteiger charge is -2.32. The second-order valence-electron chi connectivity index (χ2n) is 4.93. The van der Waals surface area contributed by atoms with E-state index in [1.54, 1.807) is 11.3 Å². The van der Waals surface area contributed by atoms with Crippen molar-refractivity contribution in [3.63, 3.8) is 0 Å². The van der Waals surface area contributed by atoms with Gasteiger partial charge >= 0.3 is 0 Å². The van der Waals surface area contributed by atoms with E-state index in [1.807, 2.05) is 0 Å². The van der Waals surface area contributed by atoms with E-state index in [1.165, 1.54) is 36.4 Å². The van der Waals surface area contributed by atoms with Crippen LogP contribution in [0, 0.1) is 18.8 Å². The minimum absolute atomic E-state index is 0.706. The summed E-state index contributed by atoms with van der Waals surface area (Å²) in [5.74, 6) is 1.73. The van der Waals surface area contributed by atoms with Crippen molar-refractivity contribution in [1.29, 1.82) is 0 Å². The van der Waals surface area contributed by atoms with Gasteiger partial charge in [0.25, 0.3) is 0 Å². The first kappa shape index (κ1) is 12.6. The lowest BCUT2D eigenvalue weighted by atomic mass is 9.78. The van der Waals surface area contributed by atoms with E-state index in [0.717, 1.165) is 18.3 Å². The van der Waals surface area contributed by atoms with Crippen LogP contribution in [0.2, 0.25) is 0 Å². The zero-order valence-electron chi connectivity index (χ0n) is 10.1. The summed E-state index contributed by atoms with van der Waals surface area (Å²) in [6, 6.07) is 0. The average molecular weight is 302 g/mol. The van der Waals surface area contributed by atoms with Crippen molar-refractivity contribution in [2.45, 2.75) is 50.8 Å². The third kappa shape index (κ3) is 3.07. The normalized spacial score (nSPS) is 30.6. The van der Waals surface area contributed by atoms with E-state index in [4.69, 9.17) is 0 Å². The molecule has 0 aliphatic heterocycles. The minimum Gasteiger partial charge on any atom is -0.247 e. The Bertz CT molecular complexity index is 336. The molecule has 90 valence electrons. The summed E-state index contributed by atoms with van der Waals surface area (Å²) < 4.78 is 0. The van der Waals surface area contributed by atoms with E-state index in [0.29, 0.717) is 4.83 Å². The van der Waals surface area contributed by atoms with Gasteiger partial charge in [-0.05, 0) is 44.4 Å². The van der Waals surface area contributed by atoms with Gasteiger partial charge in [0.1, 0.15) is 0 Å². The Morgan fingerprint density at radius 1 is 1.50 bits per heavy atom. The average Bonchev–Trinajstić information content (AvgIpc) is 2.67. The molecule has 1 nitrogen and oxygen atoms in total. The number of hydrogen-bond acceptors (Lipinski definition) is 2. The molecule has 1 saturated carbocycles. The summed E-state index contributed by atoms with van der Waals surface area (Å²) >= 11 is 5.63. The maximum Gasteiger partial charge on any atom is 0.0897 e. The molecule has 16 heavy (non-hydrogen) atoms. The summed E-state index contributed by atoms with van der Waals surface area (Å²) in [7, 11) is 0. The topological polar surface area (TPSA) is 12.9 Å². The van der Waals surface area contributed by atoms with Gasteiger partial charge < -0.3 is 0 Å². The first-order valence-electron chi connectivity index (χ1n) is 6.24. The van der Waals surface area contributed by atoms with Gasteiger partial charge in [-0.25, -0.2) is 4.98 Å². The number of aromatic nitrogens is 1. The van der Waals surface area contributed by atoms with E-state index in [-0.39, 0.29) is 0 Å². The Hall–Kier alpha value is 0.110. The fourth-order valence-corrected chi connectivity index (χ4v) is 3.97. The van der Waals surface area contributed by atoms with Crippen molar-refractivity contribution in [2.24, 2.45) is 11.8 Å². The van der Waals surface area contributed by atoms with Crippen molar-refractivity contribution in [3.8, 4) is 0 Å². The van der Waals surface area contributed by atoms with Crippen LogP contribution in [-0.4, -0.2) is 9.81 Å². The van der Waals surface area contributed by atoms with Crippen molar-refractivity contribution in [2.75, 3.05) is 0 Å². The van der Waals surface area contributed by atoms with Crippen LogP contribution >= 0.6 is 27.3 Å². The van der Waals surface area contributed by atoms with Gasteiger partial charge in [-0.3, -0.25) is 0 Å². The molecule has 0 spiro atoms. The molecule has 0 N–H and O–H groups in total. The molecule has 1 heterocycles. The lowest BCUT2D eigenvalue weighted by Crippen LogP contribution is -2.26. The summed E-state index contributed by atoms with van der Waals surface area (Å²) in [6.07, 6.45) is 6.62. The number of halogens is 1. The zero-order chi connectivity index (χ0) is 11.5. The van der Waals surface area contributed by atoms with E-state index in [9.17, 15) is 0 Å². The van der Waals surface area contributed by atoms with E-state index < -0.39 is 0 Å². The number of thiazole rings is 1. The van der Waals surface area contributed by atoms with Crippen LogP contribution < -0.4 is 0 Å². The van der Waals surface area contributed by atoms with Crippen LogP contribution in [0.4, 0.5) is 0 Å². The van der Waals surface area contributed by atoms with Crippen molar-refractivity contribution >= 4 is 27.3 Å². The molecule has 0 amide bonds. The molecular formula is C13H20BrNS. The molecule has 1 aromatic heterocycles.